The molecule has 0 aliphatic rings. The molecule has 0 saturated heterocycles. The summed E-state index contributed by atoms with van der Waals surface area (Å²) in [4.78, 5) is 21.6. The summed E-state index contributed by atoms with van der Waals surface area (Å²) in [5.74, 6) is -1.01. The molecule has 0 aromatic heterocycles. The monoisotopic (exact) mass is 296 g/mol. The SMILES string of the molecule is CCOC(=O)C(C)C[C@@H](N)Cc1ccc(O)c([N+](=O)[O-])c1. The summed E-state index contributed by atoms with van der Waals surface area (Å²) in [5.41, 5.74) is 6.26. The molecule has 1 aromatic rings. The van der Waals surface area contributed by atoms with E-state index >= 15 is 0 Å². The van der Waals surface area contributed by atoms with E-state index in [2.05, 4.69) is 0 Å². The fourth-order valence-electron chi connectivity index (χ4n) is 2.06. The van der Waals surface area contributed by atoms with E-state index in [1.807, 2.05) is 0 Å². The van der Waals surface area contributed by atoms with Crippen LogP contribution in [0.2, 0.25) is 0 Å². The van der Waals surface area contributed by atoms with Crippen molar-refractivity contribution in [2.75, 3.05) is 6.61 Å². The minimum Gasteiger partial charge on any atom is -0.502 e. The van der Waals surface area contributed by atoms with Gasteiger partial charge in [-0.2, -0.15) is 0 Å². The van der Waals surface area contributed by atoms with E-state index in [-0.39, 0.29) is 29.4 Å². The van der Waals surface area contributed by atoms with Gasteiger partial charge in [0.2, 0.25) is 0 Å². The number of esters is 1. The largest absolute Gasteiger partial charge is 0.502 e. The van der Waals surface area contributed by atoms with Gasteiger partial charge >= 0.3 is 11.7 Å². The molecule has 0 aliphatic heterocycles. The lowest BCUT2D eigenvalue weighted by atomic mass is 9.96. The first kappa shape index (κ1) is 16.9. The zero-order valence-electron chi connectivity index (χ0n) is 12.1. The summed E-state index contributed by atoms with van der Waals surface area (Å²) in [6.45, 7) is 3.79. The maximum Gasteiger partial charge on any atom is 0.310 e. The normalized spacial score (nSPS) is 13.5. The number of nitrogens with two attached hydrogens (primary N) is 1. The number of hydrogen-bond donors (Lipinski definition) is 2. The van der Waals surface area contributed by atoms with Crippen molar-refractivity contribution in [1.29, 1.82) is 0 Å². The van der Waals surface area contributed by atoms with Gasteiger partial charge in [-0.25, -0.2) is 0 Å². The molecule has 1 aromatic carbocycles. The van der Waals surface area contributed by atoms with Gasteiger partial charge in [0.15, 0.2) is 5.75 Å². The summed E-state index contributed by atoms with van der Waals surface area (Å²) >= 11 is 0. The second-order valence-corrected chi connectivity index (χ2v) is 4.93. The molecule has 21 heavy (non-hydrogen) atoms. The Morgan fingerprint density at radius 1 is 1.52 bits per heavy atom. The van der Waals surface area contributed by atoms with Crippen LogP contribution >= 0.6 is 0 Å². The van der Waals surface area contributed by atoms with E-state index in [1.54, 1.807) is 19.9 Å². The van der Waals surface area contributed by atoms with Crippen LogP contribution in [0.1, 0.15) is 25.8 Å². The lowest BCUT2D eigenvalue weighted by Gasteiger charge is -2.16. The molecular weight excluding hydrogens is 276 g/mol. The van der Waals surface area contributed by atoms with Gasteiger partial charge in [-0.05, 0) is 31.4 Å². The predicted octanol–water partition coefficient (Wildman–Crippen LogP) is 1.76. The molecule has 0 amide bonds. The van der Waals surface area contributed by atoms with Crippen LogP contribution in [0.25, 0.3) is 0 Å². The van der Waals surface area contributed by atoms with Crippen LogP contribution in [-0.2, 0) is 16.0 Å². The van der Waals surface area contributed by atoms with E-state index < -0.39 is 4.92 Å². The van der Waals surface area contributed by atoms with Crippen LogP contribution in [0.3, 0.4) is 0 Å². The molecule has 1 unspecified atom stereocenters. The third-order valence-electron chi connectivity index (χ3n) is 3.08. The standard InChI is InChI=1S/C14H20N2O5/c1-3-21-14(18)9(2)6-11(15)7-10-4-5-13(17)12(8-10)16(19)20/h4-5,8-9,11,17H,3,6-7,15H2,1-2H3/t9?,11-/m1/s1. The van der Waals surface area contributed by atoms with Gasteiger partial charge < -0.3 is 15.6 Å². The molecule has 0 heterocycles. The van der Waals surface area contributed by atoms with Gasteiger partial charge in [0.05, 0.1) is 17.4 Å². The Balaban J connectivity index is 2.66. The van der Waals surface area contributed by atoms with Crippen LogP contribution in [0, 0.1) is 16.0 Å². The van der Waals surface area contributed by atoms with Crippen molar-refractivity contribution in [2.45, 2.75) is 32.7 Å². The van der Waals surface area contributed by atoms with Crippen molar-refractivity contribution in [1.82, 2.24) is 0 Å². The number of benzene rings is 1. The van der Waals surface area contributed by atoms with Crippen LogP contribution in [-0.4, -0.2) is 28.6 Å². The number of carbonyl (C=O) groups excluding carboxylic acids is 1. The Labute approximate surface area is 122 Å². The number of ether oxygens (including phenoxy) is 1. The smallest absolute Gasteiger partial charge is 0.310 e. The number of nitro benzene ring substituents is 1. The first-order valence-corrected chi connectivity index (χ1v) is 6.73. The van der Waals surface area contributed by atoms with Crippen LogP contribution in [0.15, 0.2) is 18.2 Å². The molecule has 0 saturated carbocycles. The lowest BCUT2D eigenvalue weighted by molar-refractivity contribution is -0.385. The third-order valence-corrected chi connectivity index (χ3v) is 3.08. The predicted molar refractivity (Wildman–Crippen MR) is 76.9 cm³/mol. The highest BCUT2D eigenvalue weighted by atomic mass is 16.6. The molecule has 0 radical (unpaired) electrons. The number of aromatic hydroxyl groups is 1. The number of nitrogens with zero attached hydrogens (tertiary/aromatic N) is 1. The van der Waals surface area contributed by atoms with Gasteiger partial charge in [-0.15, -0.1) is 0 Å². The number of hydrogen-bond acceptors (Lipinski definition) is 6. The van der Waals surface area contributed by atoms with Gasteiger partial charge in [0.25, 0.3) is 0 Å². The Morgan fingerprint density at radius 3 is 2.76 bits per heavy atom. The summed E-state index contributed by atoms with van der Waals surface area (Å²) in [7, 11) is 0. The fourth-order valence-corrected chi connectivity index (χ4v) is 2.06. The fraction of sp³-hybridized carbons (Fsp3) is 0.500. The van der Waals surface area contributed by atoms with Crippen LogP contribution < -0.4 is 5.73 Å². The summed E-state index contributed by atoms with van der Waals surface area (Å²) < 4.78 is 4.90. The van der Waals surface area contributed by atoms with Gasteiger partial charge in [-0.3, -0.25) is 14.9 Å². The Morgan fingerprint density at radius 2 is 2.19 bits per heavy atom. The molecule has 3 N–H and O–H groups in total. The Bertz CT molecular complexity index is 518. The van der Waals surface area contributed by atoms with Gasteiger partial charge in [0, 0.05) is 12.1 Å². The molecule has 0 aliphatic carbocycles. The molecule has 7 heteroatoms. The number of nitro groups is 1. The zero-order chi connectivity index (χ0) is 16.0. The van der Waals surface area contributed by atoms with E-state index in [0.29, 0.717) is 25.0 Å². The Kier molecular flexibility index (Phi) is 6.10. The molecule has 116 valence electrons. The first-order chi connectivity index (χ1) is 9.85. The van der Waals surface area contributed by atoms with Crippen molar-refractivity contribution in [2.24, 2.45) is 11.7 Å². The van der Waals surface area contributed by atoms with E-state index in [4.69, 9.17) is 10.5 Å². The van der Waals surface area contributed by atoms with Gasteiger partial charge in [-0.1, -0.05) is 13.0 Å². The highest BCUT2D eigenvalue weighted by Crippen LogP contribution is 2.27. The first-order valence-electron chi connectivity index (χ1n) is 6.73. The van der Waals surface area contributed by atoms with E-state index in [9.17, 15) is 20.0 Å². The molecule has 0 bridgehead atoms. The average molecular weight is 296 g/mol. The Hall–Kier alpha value is -2.15. The number of carbonyl (C=O) groups is 1. The lowest BCUT2D eigenvalue weighted by Crippen LogP contribution is -2.29. The minimum atomic E-state index is -0.647. The number of phenolic OH excluding ortho intramolecular Hbond substituents is 1. The second-order valence-electron chi connectivity index (χ2n) is 4.93. The van der Waals surface area contributed by atoms with Crippen molar-refractivity contribution in [3.8, 4) is 5.75 Å². The van der Waals surface area contributed by atoms with Crippen LogP contribution in [0.4, 0.5) is 5.69 Å². The van der Waals surface area contributed by atoms with E-state index in [1.165, 1.54) is 12.1 Å². The highest BCUT2D eigenvalue weighted by Gasteiger charge is 2.19. The second kappa shape index (κ2) is 7.58. The molecule has 2 atom stereocenters. The number of phenols is 1. The van der Waals surface area contributed by atoms with Crippen molar-refractivity contribution in [3.63, 3.8) is 0 Å². The van der Waals surface area contributed by atoms with Crippen LogP contribution in [0.5, 0.6) is 5.75 Å². The summed E-state index contributed by atoms with van der Waals surface area (Å²) in [5, 5.41) is 20.1. The highest BCUT2D eigenvalue weighted by molar-refractivity contribution is 5.72. The quantitative estimate of drug-likeness (QED) is 0.450. The van der Waals surface area contributed by atoms with Crippen molar-refractivity contribution >= 4 is 11.7 Å². The summed E-state index contributed by atoms with van der Waals surface area (Å²) in [6.07, 6.45) is 0.804. The molecule has 0 spiro atoms. The van der Waals surface area contributed by atoms with E-state index in [0.717, 1.165) is 0 Å². The maximum absolute atomic E-state index is 11.5. The average Bonchev–Trinajstić information content (AvgIpc) is 2.40. The molecule has 0 fully saturated rings. The van der Waals surface area contributed by atoms with Crippen molar-refractivity contribution in [3.05, 3.63) is 33.9 Å². The van der Waals surface area contributed by atoms with Crippen molar-refractivity contribution < 1.29 is 19.6 Å². The molecule has 7 nitrogen and oxygen atoms in total. The zero-order valence-corrected chi connectivity index (χ0v) is 12.1. The molecular formula is C14H20N2O5. The van der Waals surface area contributed by atoms with Gasteiger partial charge in [0.1, 0.15) is 0 Å². The third kappa shape index (κ3) is 5.03. The maximum atomic E-state index is 11.5. The molecule has 1 rings (SSSR count). The minimum absolute atomic E-state index is 0.301. The summed E-state index contributed by atoms with van der Waals surface area (Å²) in [6, 6.07) is 3.82. The topological polar surface area (TPSA) is 116 Å². The number of rotatable bonds is 7.